The van der Waals surface area contributed by atoms with Crippen molar-refractivity contribution in [2.24, 2.45) is 11.7 Å². The number of hydrogen-bond donors (Lipinski definition) is 1. The summed E-state index contributed by atoms with van der Waals surface area (Å²) in [7, 11) is 0. The Morgan fingerprint density at radius 3 is 2.47 bits per heavy atom. The van der Waals surface area contributed by atoms with Crippen molar-refractivity contribution in [2.45, 2.75) is 53.0 Å². The molecule has 0 aromatic carbocycles. The summed E-state index contributed by atoms with van der Waals surface area (Å²) < 4.78 is 0. The Morgan fingerprint density at radius 1 is 1.16 bits per heavy atom. The summed E-state index contributed by atoms with van der Waals surface area (Å²) in [6.45, 7) is 9.33. The summed E-state index contributed by atoms with van der Waals surface area (Å²) in [6, 6.07) is 0. The van der Waals surface area contributed by atoms with Gasteiger partial charge in [-0.25, -0.2) is 0 Å². The van der Waals surface area contributed by atoms with Gasteiger partial charge in [0.15, 0.2) is 5.82 Å². The predicted molar refractivity (Wildman–Crippen MR) is 79.3 cm³/mol. The molecule has 0 saturated carbocycles. The molecule has 106 valence electrons. The minimum atomic E-state index is 0.564. The maximum Gasteiger partial charge on any atom is 0.156 e. The largest absolute Gasteiger partial charge is 0.355 e. The molecule has 2 N–H and O–H groups in total. The van der Waals surface area contributed by atoms with Gasteiger partial charge in [-0.15, -0.1) is 5.10 Å². The molecule has 1 saturated heterocycles. The van der Waals surface area contributed by atoms with Crippen LogP contribution in [0.4, 0.5) is 5.82 Å². The van der Waals surface area contributed by atoms with E-state index >= 15 is 0 Å². The van der Waals surface area contributed by atoms with Gasteiger partial charge in [-0.05, 0) is 30.7 Å². The minimum Gasteiger partial charge on any atom is -0.355 e. The number of nitrogens with two attached hydrogens (primary N) is 1. The van der Waals surface area contributed by atoms with E-state index in [1.54, 1.807) is 0 Å². The van der Waals surface area contributed by atoms with Crippen molar-refractivity contribution in [3.8, 4) is 0 Å². The molecular weight excluding hydrogens is 236 g/mol. The number of aryl methyl sites for hydroxylation is 1. The first kappa shape index (κ1) is 14.3. The van der Waals surface area contributed by atoms with Crippen molar-refractivity contribution in [3.05, 3.63) is 16.8 Å². The summed E-state index contributed by atoms with van der Waals surface area (Å²) in [5.74, 6) is 1.83. The molecule has 19 heavy (non-hydrogen) atoms. The molecule has 1 aromatic heterocycles. The molecule has 2 heterocycles. The number of anilines is 1. The Bertz CT molecular complexity index is 430. The van der Waals surface area contributed by atoms with Crippen LogP contribution in [0, 0.1) is 5.92 Å². The average Bonchev–Trinajstić information content (AvgIpc) is 2.94. The topological polar surface area (TPSA) is 55.0 Å². The second-order valence-electron chi connectivity index (χ2n) is 5.35. The lowest BCUT2D eigenvalue weighted by atomic mass is 10.0. The van der Waals surface area contributed by atoms with Gasteiger partial charge in [0.25, 0.3) is 0 Å². The van der Waals surface area contributed by atoms with E-state index in [2.05, 4.69) is 35.9 Å². The van der Waals surface area contributed by atoms with Crippen LogP contribution in [-0.4, -0.2) is 23.3 Å². The van der Waals surface area contributed by atoms with Crippen molar-refractivity contribution in [1.82, 2.24) is 10.2 Å². The van der Waals surface area contributed by atoms with Crippen molar-refractivity contribution in [1.29, 1.82) is 0 Å². The molecule has 0 aliphatic carbocycles. The molecule has 4 nitrogen and oxygen atoms in total. The van der Waals surface area contributed by atoms with E-state index in [1.807, 2.05) is 0 Å². The third-order valence-corrected chi connectivity index (χ3v) is 4.30. The Labute approximate surface area is 116 Å². The highest BCUT2D eigenvalue weighted by molar-refractivity contribution is 5.52. The van der Waals surface area contributed by atoms with Crippen molar-refractivity contribution < 1.29 is 0 Å². The summed E-state index contributed by atoms with van der Waals surface area (Å²) in [4.78, 5) is 2.38. The molecule has 4 heteroatoms. The molecule has 1 unspecified atom stereocenters. The maximum absolute atomic E-state index is 5.99. The van der Waals surface area contributed by atoms with Crippen LogP contribution in [0.3, 0.4) is 0 Å². The zero-order valence-corrected chi connectivity index (χ0v) is 12.4. The third kappa shape index (κ3) is 2.73. The molecule has 0 amide bonds. The quantitative estimate of drug-likeness (QED) is 0.884. The van der Waals surface area contributed by atoms with Gasteiger partial charge >= 0.3 is 0 Å². The van der Waals surface area contributed by atoms with Crippen LogP contribution in [0.25, 0.3) is 0 Å². The number of nitrogens with zero attached hydrogens (tertiary/aromatic N) is 3. The summed E-state index contributed by atoms with van der Waals surface area (Å²) in [6.07, 6.45) is 4.43. The Hall–Kier alpha value is -1.16. The van der Waals surface area contributed by atoms with E-state index in [1.165, 1.54) is 24.0 Å². The predicted octanol–water partition coefficient (Wildman–Crippen LogP) is 2.30. The first-order chi connectivity index (χ1) is 9.24. The van der Waals surface area contributed by atoms with Crippen molar-refractivity contribution in [2.75, 3.05) is 18.0 Å². The second-order valence-corrected chi connectivity index (χ2v) is 5.35. The van der Waals surface area contributed by atoms with Gasteiger partial charge in [-0.3, -0.25) is 0 Å². The number of aromatic nitrogens is 2. The van der Waals surface area contributed by atoms with E-state index < -0.39 is 0 Å². The highest BCUT2D eigenvalue weighted by Gasteiger charge is 2.25. The molecule has 0 radical (unpaired) electrons. The summed E-state index contributed by atoms with van der Waals surface area (Å²) in [5.41, 5.74) is 9.63. The zero-order valence-electron chi connectivity index (χ0n) is 12.4. The van der Waals surface area contributed by atoms with Crippen molar-refractivity contribution >= 4 is 5.82 Å². The Morgan fingerprint density at radius 2 is 1.95 bits per heavy atom. The van der Waals surface area contributed by atoms with Gasteiger partial charge in [0.2, 0.25) is 0 Å². The zero-order chi connectivity index (χ0) is 13.8. The molecule has 0 bridgehead atoms. The lowest BCUT2D eigenvalue weighted by Gasteiger charge is -2.22. The van der Waals surface area contributed by atoms with Crippen LogP contribution >= 0.6 is 0 Å². The fraction of sp³-hybridized carbons (Fsp3) is 0.733. The monoisotopic (exact) mass is 262 g/mol. The Kier molecular flexibility index (Phi) is 4.75. The van der Waals surface area contributed by atoms with Crippen LogP contribution < -0.4 is 10.6 Å². The van der Waals surface area contributed by atoms with Crippen LogP contribution in [-0.2, 0) is 19.4 Å². The first-order valence-corrected chi connectivity index (χ1v) is 7.57. The molecule has 1 aliphatic heterocycles. The number of hydrogen-bond acceptors (Lipinski definition) is 4. The first-order valence-electron chi connectivity index (χ1n) is 7.57. The standard InChI is InChI=1S/C15H26N4/c1-4-11-7-8-19(10-11)15-13(9-16)12(5-2)14(6-3)17-18-15/h11H,4-10,16H2,1-3H3. The van der Waals surface area contributed by atoms with Crippen LogP contribution in [0.5, 0.6) is 0 Å². The summed E-state index contributed by atoms with van der Waals surface area (Å²) in [5, 5.41) is 8.90. The second kappa shape index (κ2) is 6.33. The molecular formula is C15H26N4. The normalized spacial score (nSPS) is 19.2. The highest BCUT2D eigenvalue weighted by Crippen LogP contribution is 2.29. The molecule has 1 aromatic rings. The maximum atomic E-state index is 5.99. The summed E-state index contributed by atoms with van der Waals surface area (Å²) >= 11 is 0. The van der Waals surface area contributed by atoms with E-state index in [0.29, 0.717) is 6.54 Å². The molecule has 0 spiro atoms. The fourth-order valence-electron chi connectivity index (χ4n) is 3.07. The molecule has 2 rings (SSSR count). The van der Waals surface area contributed by atoms with E-state index in [0.717, 1.165) is 43.4 Å². The van der Waals surface area contributed by atoms with Crippen molar-refractivity contribution in [3.63, 3.8) is 0 Å². The number of rotatable bonds is 5. The molecule has 1 aliphatic rings. The fourth-order valence-corrected chi connectivity index (χ4v) is 3.07. The van der Waals surface area contributed by atoms with E-state index in [9.17, 15) is 0 Å². The lowest BCUT2D eigenvalue weighted by Crippen LogP contribution is -2.25. The van der Waals surface area contributed by atoms with Crippen LogP contribution in [0.1, 0.15) is 50.4 Å². The van der Waals surface area contributed by atoms with Gasteiger partial charge in [-0.2, -0.15) is 5.10 Å². The van der Waals surface area contributed by atoms with Gasteiger partial charge in [0.05, 0.1) is 5.69 Å². The lowest BCUT2D eigenvalue weighted by molar-refractivity contribution is 0.568. The highest BCUT2D eigenvalue weighted by atomic mass is 15.3. The van der Waals surface area contributed by atoms with Gasteiger partial charge in [0.1, 0.15) is 0 Å². The minimum absolute atomic E-state index is 0.564. The van der Waals surface area contributed by atoms with Crippen LogP contribution in [0.15, 0.2) is 0 Å². The van der Waals surface area contributed by atoms with E-state index in [4.69, 9.17) is 5.73 Å². The van der Waals surface area contributed by atoms with Crippen LogP contribution in [0.2, 0.25) is 0 Å². The van der Waals surface area contributed by atoms with Gasteiger partial charge in [0, 0.05) is 25.2 Å². The molecule has 1 atom stereocenters. The third-order valence-electron chi connectivity index (χ3n) is 4.30. The van der Waals surface area contributed by atoms with E-state index in [-0.39, 0.29) is 0 Å². The van der Waals surface area contributed by atoms with Gasteiger partial charge in [-0.1, -0.05) is 27.2 Å². The Balaban J connectivity index is 2.35. The molecule has 1 fully saturated rings. The average molecular weight is 262 g/mol. The van der Waals surface area contributed by atoms with Gasteiger partial charge < -0.3 is 10.6 Å². The SMILES string of the molecule is CCc1nnc(N2CCC(CC)C2)c(CN)c1CC. The smallest absolute Gasteiger partial charge is 0.156 e.